The number of nitrogens with two attached hydrogens (primary N) is 1. The van der Waals surface area contributed by atoms with Crippen LogP contribution in [0, 0.1) is 0 Å². The van der Waals surface area contributed by atoms with Crippen LogP contribution in [0.5, 0.6) is 0 Å². The van der Waals surface area contributed by atoms with Gasteiger partial charge in [-0.15, -0.1) is 0 Å². The summed E-state index contributed by atoms with van der Waals surface area (Å²) in [6.45, 7) is 2.94. The van der Waals surface area contributed by atoms with Gasteiger partial charge in [-0.3, -0.25) is 0 Å². The molecule has 0 aliphatic rings. The van der Waals surface area contributed by atoms with Crippen molar-refractivity contribution in [1.82, 2.24) is 5.32 Å². The molecule has 0 saturated carbocycles. The number of halogens is 2. The fourth-order valence-corrected chi connectivity index (χ4v) is 1.87. The summed E-state index contributed by atoms with van der Waals surface area (Å²) < 4.78 is 0. The van der Waals surface area contributed by atoms with Gasteiger partial charge >= 0.3 is 0 Å². The smallest absolute Gasteiger partial charge is 0.0693 e. The maximum Gasteiger partial charge on any atom is 0.0693 e. The van der Waals surface area contributed by atoms with E-state index in [0.29, 0.717) is 15.7 Å². The fourth-order valence-electron chi connectivity index (χ4n) is 1.37. The second kappa shape index (κ2) is 6.30. The van der Waals surface area contributed by atoms with Gasteiger partial charge in [-0.2, -0.15) is 0 Å². The number of anilines is 1. The van der Waals surface area contributed by atoms with E-state index in [0.717, 1.165) is 18.5 Å². The molecule has 1 atom stereocenters. The van der Waals surface area contributed by atoms with Crippen LogP contribution >= 0.6 is 23.2 Å². The zero-order valence-electron chi connectivity index (χ0n) is 9.13. The van der Waals surface area contributed by atoms with Crippen LogP contribution in [-0.4, -0.2) is 18.3 Å². The second-order valence-electron chi connectivity index (χ2n) is 3.65. The topological polar surface area (TPSA) is 58.3 Å². The van der Waals surface area contributed by atoms with Crippen LogP contribution in [0.1, 0.15) is 24.9 Å². The van der Waals surface area contributed by atoms with Crippen molar-refractivity contribution in [2.45, 2.75) is 19.4 Å². The summed E-state index contributed by atoms with van der Waals surface area (Å²) >= 11 is 11.9. The van der Waals surface area contributed by atoms with Gasteiger partial charge in [0.25, 0.3) is 0 Å². The van der Waals surface area contributed by atoms with E-state index in [1.165, 1.54) is 0 Å². The van der Waals surface area contributed by atoms with E-state index in [2.05, 4.69) is 5.32 Å². The maximum absolute atomic E-state index is 8.68. The SMILES string of the molecule is CC(NCCCO)c1cc(Cl)c(N)c(Cl)c1. The molecule has 0 aliphatic heterocycles. The third kappa shape index (κ3) is 3.52. The summed E-state index contributed by atoms with van der Waals surface area (Å²) in [6, 6.07) is 3.74. The van der Waals surface area contributed by atoms with Crippen molar-refractivity contribution in [3.05, 3.63) is 27.7 Å². The number of nitrogen functional groups attached to an aromatic ring is 1. The van der Waals surface area contributed by atoms with Crippen molar-refractivity contribution in [2.24, 2.45) is 0 Å². The summed E-state index contributed by atoms with van der Waals surface area (Å²) in [5.74, 6) is 0. The molecule has 0 bridgehead atoms. The lowest BCUT2D eigenvalue weighted by molar-refractivity contribution is 0.284. The standard InChI is InChI=1S/C11H16Cl2N2O/c1-7(15-3-2-4-16)8-5-9(12)11(14)10(13)6-8/h5-7,15-16H,2-4,14H2,1H3. The van der Waals surface area contributed by atoms with Crippen LogP contribution < -0.4 is 11.1 Å². The zero-order chi connectivity index (χ0) is 12.1. The van der Waals surface area contributed by atoms with Crippen LogP contribution in [0.15, 0.2) is 12.1 Å². The van der Waals surface area contributed by atoms with Gasteiger partial charge in [0.1, 0.15) is 0 Å². The Balaban J connectivity index is 2.72. The van der Waals surface area contributed by atoms with Crippen LogP contribution in [0.3, 0.4) is 0 Å². The highest BCUT2D eigenvalue weighted by Crippen LogP contribution is 2.31. The van der Waals surface area contributed by atoms with Gasteiger partial charge in [-0.25, -0.2) is 0 Å². The quantitative estimate of drug-likeness (QED) is 0.565. The molecule has 0 aliphatic carbocycles. The van der Waals surface area contributed by atoms with Crippen LogP contribution in [-0.2, 0) is 0 Å². The molecule has 90 valence electrons. The molecule has 1 aromatic carbocycles. The van der Waals surface area contributed by atoms with Crippen molar-refractivity contribution >= 4 is 28.9 Å². The molecule has 0 spiro atoms. The van der Waals surface area contributed by atoms with E-state index in [9.17, 15) is 0 Å². The van der Waals surface area contributed by atoms with Gasteiger partial charge < -0.3 is 16.2 Å². The van der Waals surface area contributed by atoms with Crippen molar-refractivity contribution in [3.63, 3.8) is 0 Å². The second-order valence-corrected chi connectivity index (χ2v) is 4.47. The normalized spacial score (nSPS) is 12.8. The minimum absolute atomic E-state index is 0.127. The Morgan fingerprint density at radius 1 is 1.38 bits per heavy atom. The van der Waals surface area contributed by atoms with Gasteiger partial charge in [-0.05, 0) is 37.6 Å². The Labute approximate surface area is 106 Å². The lowest BCUT2D eigenvalue weighted by Gasteiger charge is -2.15. The summed E-state index contributed by atoms with van der Waals surface area (Å²) in [4.78, 5) is 0. The molecular formula is C11H16Cl2N2O. The number of rotatable bonds is 5. The first-order chi connectivity index (χ1) is 7.56. The first-order valence-corrected chi connectivity index (χ1v) is 5.90. The van der Waals surface area contributed by atoms with Crippen molar-refractivity contribution in [3.8, 4) is 0 Å². The Morgan fingerprint density at radius 2 is 1.94 bits per heavy atom. The molecule has 1 unspecified atom stereocenters. The van der Waals surface area contributed by atoms with Gasteiger partial charge in [0.05, 0.1) is 15.7 Å². The summed E-state index contributed by atoms with van der Waals surface area (Å²) in [5.41, 5.74) is 7.05. The number of aliphatic hydroxyl groups is 1. The molecular weight excluding hydrogens is 247 g/mol. The first kappa shape index (κ1) is 13.6. The molecule has 4 N–H and O–H groups in total. The molecule has 0 amide bonds. The molecule has 5 heteroatoms. The Morgan fingerprint density at radius 3 is 2.44 bits per heavy atom. The summed E-state index contributed by atoms with van der Waals surface area (Å²) in [5, 5.41) is 12.9. The first-order valence-electron chi connectivity index (χ1n) is 5.15. The van der Waals surface area contributed by atoms with Crippen molar-refractivity contribution in [2.75, 3.05) is 18.9 Å². The molecule has 0 aromatic heterocycles. The molecule has 3 nitrogen and oxygen atoms in total. The van der Waals surface area contributed by atoms with E-state index < -0.39 is 0 Å². The molecule has 16 heavy (non-hydrogen) atoms. The van der Waals surface area contributed by atoms with Gasteiger partial charge in [0.15, 0.2) is 0 Å². The fraction of sp³-hybridized carbons (Fsp3) is 0.455. The molecule has 0 radical (unpaired) electrons. The average Bonchev–Trinajstić information content (AvgIpc) is 2.25. The van der Waals surface area contributed by atoms with E-state index >= 15 is 0 Å². The number of hydrogen-bond donors (Lipinski definition) is 3. The average molecular weight is 263 g/mol. The molecule has 1 aromatic rings. The van der Waals surface area contributed by atoms with Crippen molar-refractivity contribution in [1.29, 1.82) is 0 Å². The largest absolute Gasteiger partial charge is 0.396 e. The lowest BCUT2D eigenvalue weighted by Crippen LogP contribution is -2.20. The highest BCUT2D eigenvalue weighted by atomic mass is 35.5. The number of nitrogens with one attached hydrogen (secondary N) is 1. The number of aliphatic hydroxyl groups excluding tert-OH is 1. The Hall–Kier alpha value is -0.480. The van der Waals surface area contributed by atoms with E-state index in [1.54, 1.807) is 12.1 Å². The van der Waals surface area contributed by atoms with Crippen molar-refractivity contribution < 1.29 is 5.11 Å². The third-order valence-electron chi connectivity index (χ3n) is 2.39. The highest BCUT2D eigenvalue weighted by molar-refractivity contribution is 6.38. The Bertz CT molecular complexity index is 335. The van der Waals surface area contributed by atoms with E-state index in [-0.39, 0.29) is 12.6 Å². The van der Waals surface area contributed by atoms with Gasteiger partial charge in [0.2, 0.25) is 0 Å². The summed E-state index contributed by atoms with van der Waals surface area (Å²) in [7, 11) is 0. The molecule has 0 fully saturated rings. The minimum atomic E-state index is 0.127. The van der Waals surface area contributed by atoms with Gasteiger partial charge in [0, 0.05) is 12.6 Å². The zero-order valence-corrected chi connectivity index (χ0v) is 10.6. The van der Waals surface area contributed by atoms with Crippen LogP contribution in [0.4, 0.5) is 5.69 Å². The number of hydrogen-bond acceptors (Lipinski definition) is 3. The monoisotopic (exact) mass is 262 g/mol. The minimum Gasteiger partial charge on any atom is -0.396 e. The molecule has 0 saturated heterocycles. The van der Waals surface area contributed by atoms with E-state index in [4.69, 9.17) is 34.0 Å². The third-order valence-corrected chi connectivity index (χ3v) is 3.01. The van der Waals surface area contributed by atoms with Crippen LogP contribution in [0.25, 0.3) is 0 Å². The molecule has 1 rings (SSSR count). The predicted molar refractivity (Wildman–Crippen MR) is 69.0 cm³/mol. The highest BCUT2D eigenvalue weighted by Gasteiger charge is 2.09. The van der Waals surface area contributed by atoms with E-state index in [1.807, 2.05) is 6.92 Å². The molecule has 0 heterocycles. The predicted octanol–water partition coefficient (Wildman–Crippen LogP) is 2.61. The Kier molecular flexibility index (Phi) is 5.35. The maximum atomic E-state index is 8.68. The van der Waals surface area contributed by atoms with Gasteiger partial charge in [-0.1, -0.05) is 23.2 Å². The lowest BCUT2D eigenvalue weighted by atomic mass is 10.1. The van der Waals surface area contributed by atoms with Crippen LogP contribution in [0.2, 0.25) is 10.0 Å². The summed E-state index contributed by atoms with van der Waals surface area (Å²) in [6.07, 6.45) is 0.723. The number of benzene rings is 1.